The quantitative estimate of drug-likeness (QED) is 0.676. The molecule has 62 valence electrons. The Hall–Kier alpha value is -1.42. The van der Waals surface area contributed by atoms with Crippen LogP contribution in [0.2, 0.25) is 0 Å². The number of hydrogen-bond acceptors (Lipinski definition) is 3. The fourth-order valence-electron chi connectivity index (χ4n) is 1.19. The zero-order valence-electron chi connectivity index (χ0n) is 6.68. The molecule has 2 heterocycles. The van der Waals surface area contributed by atoms with Crippen molar-refractivity contribution >= 4 is 5.52 Å². The number of aliphatic hydroxyl groups is 1. The summed E-state index contributed by atoms with van der Waals surface area (Å²) in [5.41, 5.74) is 1.65. The van der Waals surface area contributed by atoms with Crippen LogP contribution in [0.25, 0.3) is 5.52 Å². The van der Waals surface area contributed by atoms with Crippen molar-refractivity contribution < 1.29 is 5.11 Å². The van der Waals surface area contributed by atoms with Gasteiger partial charge in [0.1, 0.15) is 0 Å². The lowest BCUT2D eigenvalue weighted by Crippen LogP contribution is -2.01. The van der Waals surface area contributed by atoms with Gasteiger partial charge in [0.05, 0.1) is 23.5 Å². The smallest absolute Gasteiger partial charge is 0.0933 e. The van der Waals surface area contributed by atoms with Gasteiger partial charge in [0.15, 0.2) is 0 Å². The van der Waals surface area contributed by atoms with Crippen LogP contribution in [0.1, 0.15) is 18.7 Å². The standard InChI is InChI=1S/C8H9N3O/c1-6(12)8-4-2-3-7-5-9-10-11(7)8/h2-6,12H,1H3/t6-/m1/s1. The van der Waals surface area contributed by atoms with Crippen molar-refractivity contribution in [3.63, 3.8) is 0 Å². The van der Waals surface area contributed by atoms with Crippen LogP contribution < -0.4 is 0 Å². The Labute approximate surface area is 69.4 Å². The summed E-state index contributed by atoms with van der Waals surface area (Å²) in [7, 11) is 0. The summed E-state index contributed by atoms with van der Waals surface area (Å²) in [5.74, 6) is 0. The summed E-state index contributed by atoms with van der Waals surface area (Å²) in [5, 5.41) is 16.9. The molecule has 0 unspecified atom stereocenters. The molecule has 12 heavy (non-hydrogen) atoms. The average molecular weight is 163 g/mol. The molecule has 0 bridgehead atoms. The van der Waals surface area contributed by atoms with E-state index in [0.717, 1.165) is 11.2 Å². The molecule has 0 aliphatic carbocycles. The Kier molecular flexibility index (Phi) is 1.55. The highest BCUT2D eigenvalue weighted by atomic mass is 16.3. The maximum Gasteiger partial charge on any atom is 0.0933 e. The maximum absolute atomic E-state index is 9.35. The van der Waals surface area contributed by atoms with Crippen LogP contribution in [-0.4, -0.2) is 19.9 Å². The second-order valence-electron chi connectivity index (χ2n) is 2.70. The van der Waals surface area contributed by atoms with Gasteiger partial charge >= 0.3 is 0 Å². The zero-order valence-corrected chi connectivity index (χ0v) is 6.68. The molecule has 2 rings (SSSR count). The van der Waals surface area contributed by atoms with Crippen LogP contribution in [0.4, 0.5) is 0 Å². The van der Waals surface area contributed by atoms with Crippen molar-refractivity contribution in [3.8, 4) is 0 Å². The first kappa shape index (κ1) is 7.24. The second-order valence-corrected chi connectivity index (χ2v) is 2.70. The van der Waals surface area contributed by atoms with E-state index in [0.29, 0.717) is 0 Å². The van der Waals surface area contributed by atoms with Gasteiger partial charge in [-0.1, -0.05) is 11.3 Å². The van der Waals surface area contributed by atoms with E-state index >= 15 is 0 Å². The average Bonchev–Trinajstić information content (AvgIpc) is 2.49. The van der Waals surface area contributed by atoms with Gasteiger partial charge in [-0.05, 0) is 19.1 Å². The number of fused-ring (bicyclic) bond motifs is 1. The van der Waals surface area contributed by atoms with Gasteiger partial charge in [0.25, 0.3) is 0 Å². The Bertz CT molecular complexity index is 394. The van der Waals surface area contributed by atoms with Crippen LogP contribution in [-0.2, 0) is 0 Å². The molecule has 0 spiro atoms. The van der Waals surface area contributed by atoms with Crippen LogP contribution in [0.5, 0.6) is 0 Å². The summed E-state index contributed by atoms with van der Waals surface area (Å²) in [6.07, 6.45) is 1.14. The first-order valence-electron chi connectivity index (χ1n) is 3.76. The highest BCUT2D eigenvalue weighted by molar-refractivity contribution is 5.44. The number of hydrogen-bond donors (Lipinski definition) is 1. The minimum absolute atomic E-state index is 0.518. The van der Waals surface area contributed by atoms with E-state index < -0.39 is 6.10 Å². The van der Waals surface area contributed by atoms with Crippen LogP contribution in [0.15, 0.2) is 24.4 Å². The highest BCUT2D eigenvalue weighted by Crippen LogP contribution is 2.12. The monoisotopic (exact) mass is 163 g/mol. The van der Waals surface area contributed by atoms with Crippen molar-refractivity contribution in [1.29, 1.82) is 0 Å². The van der Waals surface area contributed by atoms with Gasteiger partial charge < -0.3 is 5.11 Å². The largest absolute Gasteiger partial charge is 0.387 e. The van der Waals surface area contributed by atoms with Gasteiger partial charge in [-0.2, -0.15) is 0 Å². The summed E-state index contributed by atoms with van der Waals surface area (Å²) in [6.45, 7) is 1.70. The molecule has 0 amide bonds. The number of pyridine rings is 1. The molecule has 0 saturated heterocycles. The Morgan fingerprint density at radius 1 is 1.50 bits per heavy atom. The Morgan fingerprint density at radius 2 is 2.33 bits per heavy atom. The predicted octanol–water partition coefficient (Wildman–Crippen LogP) is 0.783. The van der Waals surface area contributed by atoms with E-state index in [4.69, 9.17) is 0 Å². The Balaban J connectivity index is 2.73. The van der Waals surface area contributed by atoms with Crippen molar-refractivity contribution in [2.45, 2.75) is 13.0 Å². The molecule has 1 N–H and O–H groups in total. The third kappa shape index (κ3) is 0.967. The van der Waals surface area contributed by atoms with E-state index in [1.807, 2.05) is 18.2 Å². The van der Waals surface area contributed by atoms with Gasteiger partial charge in [0, 0.05) is 0 Å². The molecule has 0 saturated carbocycles. The molecule has 4 heteroatoms. The first-order chi connectivity index (χ1) is 5.79. The molecule has 2 aromatic heterocycles. The van der Waals surface area contributed by atoms with E-state index in [-0.39, 0.29) is 0 Å². The van der Waals surface area contributed by atoms with Crippen LogP contribution >= 0.6 is 0 Å². The molecule has 1 atom stereocenters. The number of aliphatic hydroxyl groups excluding tert-OH is 1. The van der Waals surface area contributed by atoms with E-state index in [1.165, 1.54) is 0 Å². The van der Waals surface area contributed by atoms with Crippen LogP contribution in [0.3, 0.4) is 0 Å². The molecule has 0 aliphatic rings. The molecule has 0 fully saturated rings. The summed E-state index contributed by atoms with van der Waals surface area (Å²) in [4.78, 5) is 0. The SMILES string of the molecule is C[C@@H](O)c1cccc2cnnn12. The summed E-state index contributed by atoms with van der Waals surface area (Å²) in [6, 6.07) is 5.60. The van der Waals surface area contributed by atoms with Crippen molar-refractivity contribution in [1.82, 2.24) is 14.8 Å². The van der Waals surface area contributed by atoms with Crippen molar-refractivity contribution in [2.75, 3.05) is 0 Å². The molecule has 0 aliphatic heterocycles. The zero-order chi connectivity index (χ0) is 8.55. The maximum atomic E-state index is 9.35. The molecular formula is C8H9N3O. The lowest BCUT2D eigenvalue weighted by Gasteiger charge is -2.05. The van der Waals surface area contributed by atoms with Crippen molar-refractivity contribution in [2.24, 2.45) is 0 Å². The highest BCUT2D eigenvalue weighted by Gasteiger charge is 2.05. The molecular weight excluding hydrogens is 154 g/mol. The summed E-state index contributed by atoms with van der Waals surface area (Å²) >= 11 is 0. The van der Waals surface area contributed by atoms with E-state index in [2.05, 4.69) is 10.3 Å². The predicted molar refractivity (Wildman–Crippen MR) is 43.6 cm³/mol. The van der Waals surface area contributed by atoms with E-state index in [1.54, 1.807) is 17.6 Å². The minimum atomic E-state index is -0.518. The van der Waals surface area contributed by atoms with Gasteiger partial charge in [-0.3, -0.25) is 0 Å². The third-order valence-electron chi connectivity index (χ3n) is 1.78. The lowest BCUT2D eigenvalue weighted by molar-refractivity contribution is 0.191. The fourth-order valence-corrected chi connectivity index (χ4v) is 1.19. The molecule has 0 radical (unpaired) electrons. The number of rotatable bonds is 1. The first-order valence-corrected chi connectivity index (χ1v) is 3.76. The topological polar surface area (TPSA) is 50.4 Å². The minimum Gasteiger partial charge on any atom is -0.387 e. The second kappa shape index (κ2) is 2.57. The fraction of sp³-hybridized carbons (Fsp3) is 0.250. The van der Waals surface area contributed by atoms with Crippen molar-refractivity contribution in [3.05, 3.63) is 30.1 Å². The van der Waals surface area contributed by atoms with Crippen LogP contribution in [0, 0.1) is 0 Å². The number of aromatic nitrogens is 3. The lowest BCUT2D eigenvalue weighted by atomic mass is 10.2. The van der Waals surface area contributed by atoms with Gasteiger partial charge in [0.2, 0.25) is 0 Å². The molecule has 4 nitrogen and oxygen atoms in total. The van der Waals surface area contributed by atoms with E-state index in [9.17, 15) is 5.11 Å². The van der Waals surface area contributed by atoms with Gasteiger partial charge in [-0.25, -0.2) is 4.52 Å². The third-order valence-corrected chi connectivity index (χ3v) is 1.78. The molecule has 0 aromatic carbocycles. The Morgan fingerprint density at radius 3 is 3.08 bits per heavy atom. The normalized spacial score (nSPS) is 13.5. The number of nitrogens with zero attached hydrogens (tertiary/aromatic N) is 3. The van der Waals surface area contributed by atoms with Gasteiger partial charge in [-0.15, -0.1) is 5.10 Å². The summed E-state index contributed by atoms with van der Waals surface area (Å²) < 4.78 is 1.63. The molecule has 2 aromatic rings.